The summed E-state index contributed by atoms with van der Waals surface area (Å²) in [6.45, 7) is 1.81. The Morgan fingerprint density at radius 2 is 1.67 bits per heavy atom. The minimum Gasteiger partial charge on any atom is -0.306 e. The predicted octanol–water partition coefficient (Wildman–Crippen LogP) is 1.28. The third-order valence-electron chi connectivity index (χ3n) is 5.49. The summed E-state index contributed by atoms with van der Waals surface area (Å²) in [6.07, 6.45) is 1.89. The van der Waals surface area contributed by atoms with E-state index in [0.717, 1.165) is 42.7 Å². The quantitative estimate of drug-likeness (QED) is 0.560. The molecule has 8 nitrogen and oxygen atoms in total. The Bertz CT molecular complexity index is 974. The summed E-state index contributed by atoms with van der Waals surface area (Å²) in [5, 5.41) is 2.08. The molecule has 0 spiro atoms. The number of hydrazine groups is 3. The van der Waals surface area contributed by atoms with Gasteiger partial charge in [0.15, 0.2) is 6.29 Å². The first-order valence-electron chi connectivity index (χ1n) is 9.35. The molecule has 0 bridgehead atoms. The first-order valence-corrected chi connectivity index (χ1v) is 9.35. The monoisotopic (exact) mass is 365 g/mol. The number of piperidine rings is 1. The number of nitrogens with zero attached hydrogens (tertiary/aromatic N) is 3. The van der Waals surface area contributed by atoms with Crippen molar-refractivity contribution >= 4 is 16.7 Å². The lowest BCUT2D eigenvalue weighted by atomic mass is 10.0. The van der Waals surface area contributed by atoms with Crippen molar-refractivity contribution in [2.24, 2.45) is 0 Å². The van der Waals surface area contributed by atoms with Crippen molar-refractivity contribution in [1.29, 1.82) is 0 Å². The number of hydrogen-bond acceptors (Lipinski definition) is 6. The molecule has 3 aromatic rings. The molecule has 8 heteroatoms. The van der Waals surface area contributed by atoms with Gasteiger partial charge in [-0.1, -0.05) is 30.3 Å². The number of anilines is 1. The summed E-state index contributed by atoms with van der Waals surface area (Å²) in [7, 11) is 0. The van der Waals surface area contributed by atoms with Crippen molar-refractivity contribution < 1.29 is 0 Å². The Hall–Kier alpha value is -2.65. The number of aromatic nitrogens is 2. The Labute approximate surface area is 156 Å². The van der Waals surface area contributed by atoms with Gasteiger partial charge in [-0.25, -0.2) is 10.2 Å². The summed E-state index contributed by atoms with van der Waals surface area (Å²) in [6, 6.07) is 18.4. The zero-order valence-electron chi connectivity index (χ0n) is 14.9. The van der Waals surface area contributed by atoms with Crippen molar-refractivity contribution in [3.05, 3.63) is 65.1 Å². The fourth-order valence-corrected chi connectivity index (χ4v) is 4.16. The van der Waals surface area contributed by atoms with Crippen LogP contribution in [-0.4, -0.2) is 33.8 Å². The lowest BCUT2D eigenvalue weighted by Gasteiger charge is -2.38. The molecule has 0 aliphatic carbocycles. The van der Waals surface area contributed by atoms with Crippen LogP contribution in [0.4, 0.5) is 5.69 Å². The van der Waals surface area contributed by atoms with E-state index in [0.29, 0.717) is 0 Å². The minimum absolute atomic E-state index is 0.0112. The molecule has 5 rings (SSSR count). The number of benzene rings is 2. The third-order valence-corrected chi connectivity index (χ3v) is 5.49. The number of hydrogen-bond donors (Lipinski definition) is 4. The fraction of sp³-hybridized carbons (Fsp3) is 0.316. The molecule has 1 aromatic heterocycles. The molecule has 1 atom stereocenters. The SMILES string of the molecule is O=c1[nH]c2ccccc2n1C1CCN(C2NNNN2c2ccccc2)CC1. The van der Waals surface area contributed by atoms with Crippen LogP contribution in [0.15, 0.2) is 59.4 Å². The van der Waals surface area contributed by atoms with Gasteiger partial charge in [0.05, 0.1) is 16.7 Å². The molecule has 27 heavy (non-hydrogen) atoms. The lowest BCUT2D eigenvalue weighted by molar-refractivity contribution is 0.122. The van der Waals surface area contributed by atoms with Gasteiger partial charge in [0.2, 0.25) is 0 Å². The van der Waals surface area contributed by atoms with Crippen LogP contribution in [0.3, 0.4) is 0 Å². The number of fused-ring (bicyclic) bond motifs is 1. The molecule has 0 saturated carbocycles. The van der Waals surface area contributed by atoms with E-state index in [-0.39, 0.29) is 18.0 Å². The molecule has 2 aliphatic heterocycles. The van der Waals surface area contributed by atoms with Crippen LogP contribution in [0, 0.1) is 0 Å². The van der Waals surface area contributed by atoms with Crippen molar-refractivity contribution in [3.8, 4) is 0 Å². The summed E-state index contributed by atoms with van der Waals surface area (Å²) in [5.41, 5.74) is 12.4. The summed E-state index contributed by atoms with van der Waals surface area (Å²) >= 11 is 0. The largest absolute Gasteiger partial charge is 0.326 e. The van der Waals surface area contributed by atoms with Crippen molar-refractivity contribution in [3.63, 3.8) is 0 Å². The first kappa shape index (κ1) is 16.5. The Morgan fingerprint density at radius 1 is 0.926 bits per heavy atom. The number of likely N-dealkylation sites (tertiary alicyclic amines) is 1. The predicted molar refractivity (Wildman–Crippen MR) is 105 cm³/mol. The molecule has 2 aliphatic rings. The molecule has 4 N–H and O–H groups in total. The molecule has 2 aromatic carbocycles. The highest BCUT2D eigenvalue weighted by molar-refractivity contribution is 5.75. The smallest absolute Gasteiger partial charge is 0.306 e. The number of rotatable bonds is 3. The molecule has 0 radical (unpaired) electrons. The van der Waals surface area contributed by atoms with Gasteiger partial charge < -0.3 is 4.98 Å². The summed E-state index contributed by atoms with van der Waals surface area (Å²) in [5.74, 6) is 0. The molecule has 0 amide bonds. The number of nitrogens with one attached hydrogen (secondary N) is 4. The maximum Gasteiger partial charge on any atom is 0.326 e. The highest BCUT2D eigenvalue weighted by Crippen LogP contribution is 2.27. The molecule has 2 saturated heterocycles. The van der Waals surface area contributed by atoms with Gasteiger partial charge in [-0.05, 0) is 37.1 Å². The highest BCUT2D eigenvalue weighted by atomic mass is 16.1. The zero-order valence-corrected chi connectivity index (χ0v) is 14.9. The summed E-state index contributed by atoms with van der Waals surface area (Å²) < 4.78 is 1.93. The average Bonchev–Trinajstić information content (AvgIpc) is 3.33. The van der Waals surface area contributed by atoms with Gasteiger partial charge in [0.1, 0.15) is 0 Å². The number of para-hydroxylation sites is 3. The van der Waals surface area contributed by atoms with Crippen LogP contribution in [0.25, 0.3) is 11.0 Å². The Balaban J connectivity index is 1.33. The van der Waals surface area contributed by atoms with E-state index in [1.54, 1.807) is 0 Å². The number of H-pyrrole nitrogens is 1. The van der Waals surface area contributed by atoms with Gasteiger partial charge in [0.25, 0.3) is 0 Å². The second kappa shape index (κ2) is 6.82. The molecular formula is C19H23N7O. The van der Waals surface area contributed by atoms with E-state index in [1.165, 1.54) is 0 Å². The Morgan fingerprint density at radius 3 is 2.48 bits per heavy atom. The number of imidazole rings is 1. The minimum atomic E-state index is -0.0112. The molecular weight excluding hydrogens is 342 g/mol. The van der Waals surface area contributed by atoms with Gasteiger partial charge in [-0.2, -0.15) is 11.1 Å². The number of aromatic amines is 1. The van der Waals surface area contributed by atoms with Gasteiger partial charge in [-0.15, -0.1) is 0 Å². The van der Waals surface area contributed by atoms with Crippen molar-refractivity contribution in [1.82, 2.24) is 30.9 Å². The molecule has 3 heterocycles. The zero-order chi connectivity index (χ0) is 18.2. The Kier molecular flexibility index (Phi) is 4.17. The molecule has 1 unspecified atom stereocenters. The van der Waals surface area contributed by atoms with Gasteiger partial charge in [0, 0.05) is 19.1 Å². The van der Waals surface area contributed by atoms with Gasteiger partial charge >= 0.3 is 5.69 Å². The van der Waals surface area contributed by atoms with E-state index in [4.69, 9.17) is 0 Å². The lowest BCUT2D eigenvalue weighted by Crippen LogP contribution is -2.55. The van der Waals surface area contributed by atoms with E-state index < -0.39 is 0 Å². The maximum absolute atomic E-state index is 12.5. The second-order valence-corrected chi connectivity index (χ2v) is 7.04. The van der Waals surface area contributed by atoms with Crippen LogP contribution in [-0.2, 0) is 0 Å². The summed E-state index contributed by atoms with van der Waals surface area (Å²) in [4.78, 5) is 17.8. The van der Waals surface area contributed by atoms with Crippen LogP contribution < -0.4 is 27.2 Å². The van der Waals surface area contributed by atoms with E-state index in [9.17, 15) is 4.79 Å². The van der Waals surface area contributed by atoms with Gasteiger partial charge in [-0.3, -0.25) is 14.5 Å². The third kappa shape index (κ3) is 2.92. The van der Waals surface area contributed by atoms with Crippen molar-refractivity contribution in [2.45, 2.75) is 25.2 Å². The molecule has 140 valence electrons. The van der Waals surface area contributed by atoms with Crippen LogP contribution >= 0.6 is 0 Å². The standard InChI is InChI=1S/C19H23N7O/c27-19-20-16-8-4-5-9-17(16)25(19)14-10-12-24(13-11-14)18-21-22-23-26(18)15-6-2-1-3-7-15/h1-9,14,18,21-23H,10-13H2,(H,20,27). The van der Waals surface area contributed by atoms with Crippen LogP contribution in [0.2, 0.25) is 0 Å². The van der Waals surface area contributed by atoms with Crippen LogP contribution in [0.1, 0.15) is 18.9 Å². The highest BCUT2D eigenvalue weighted by Gasteiger charge is 2.33. The fourth-order valence-electron chi connectivity index (χ4n) is 4.16. The average molecular weight is 365 g/mol. The van der Waals surface area contributed by atoms with E-state index >= 15 is 0 Å². The first-order chi connectivity index (χ1) is 13.3. The second-order valence-electron chi connectivity index (χ2n) is 7.04. The van der Waals surface area contributed by atoms with E-state index in [1.807, 2.05) is 47.0 Å². The normalized spacial score (nSPS) is 21.9. The molecule has 2 fully saturated rings. The van der Waals surface area contributed by atoms with Crippen LogP contribution in [0.5, 0.6) is 0 Å². The maximum atomic E-state index is 12.5. The topological polar surface area (TPSA) is 80.4 Å². The van der Waals surface area contributed by atoms with Crippen molar-refractivity contribution in [2.75, 3.05) is 18.1 Å². The van der Waals surface area contributed by atoms with E-state index in [2.05, 4.69) is 43.5 Å².